The number of hydrogen-bond acceptors (Lipinski definition) is 6. The normalized spacial score (nSPS) is 38.0. The molecule has 0 aromatic heterocycles. The number of hydrogen-bond donors (Lipinski definition) is 1. The molecule has 8 heteroatoms. The molecule has 2 saturated carbocycles. The van der Waals surface area contributed by atoms with Crippen molar-refractivity contribution in [2.75, 3.05) is 12.4 Å². The van der Waals surface area contributed by atoms with E-state index in [1.54, 1.807) is 0 Å². The first-order chi connectivity index (χ1) is 9.37. The summed E-state index contributed by atoms with van der Waals surface area (Å²) in [5, 5.41) is 0. The van der Waals surface area contributed by atoms with Gasteiger partial charge in [0.05, 0.1) is 24.2 Å². The van der Waals surface area contributed by atoms with Gasteiger partial charge in [-0.05, 0) is 25.2 Å². The molecule has 3 rings (SSSR count). The molecule has 7 nitrogen and oxygen atoms in total. The predicted molar refractivity (Wildman–Crippen MR) is 65.1 cm³/mol. The van der Waals surface area contributed by atoms with Gasteiger partial charge in [0, 0.05) is 5.92 Å². The zero-order valence-electron chi connectivity index (χ0n) is 10.7. The van der Waals surface area contributed by atoms with Crippen LogP contribution in [0.4, 0.5) is 0 Å². The number of rotatable bonds is 5. The van der Waals surface area contributed by atoms with Crippen LogP contribution in [0.15, 0.2) is 0 Å². The lowest BCUT2D eigenvalue weighted by molar-refractivity contribution is -0.155. The number of fused-ring (bicyclic) bond motifs is 1. The molecule has 2 bridgehead atoms. The van der Waals surface area contributed by atoms with Gasteiger partial charge in [-0.1, -0.05) is 0 Å². The second-order valence-electron chi connectivity index (χ2n) is 5.73. The predicted octanol–water partition coefficient (Wildman–Crippen LogP) is 0.00510. The Hall–Kier alpha value is -1.15. The van der Waals surface area contributed by atoms with Gasteiger partial charge in [0.1, 0.15) is 6.10 Å². The zero-order chi connectivity index (χ0) is 14.5. The van der Waals surface area contributed by atoms with Crippen molar-refractivity contribution >= 4 is 22.1 Å². The summed E-state index contributed by atoms with van der Waals surface area (Å²) in [4.78, 5) is 23.8. The molecule has 0 amide bonds. The van der Waals surface area contributed by atoms with Crippen molar-refractivity contribution in [3.05, 3.63) is 0 Å². The lowest BCUT2D eigenvalue weighted by Gasteiger charge is -2.22. The van der Waals surface area contributed by atoms with Gasteiger partial charge in [-0.2, -0.15) is 8.42 Å². The molecule has 1 saturated heterocycles. The average Bonchev–Trinajstić information content (AvgIpc) is 2.93. The molecule has 112 valence electrons. The largest absolute Gasteiger partial charge is 0.465 e. The topological polar surface area (TPSA) is 107 Å². The van der Waals surface area contributed by atoms with E-state index in [4.69, 9.17) is 14.0 Å². The van der Waals surface area contributed by atoms with Gasteiger partial charge < -0.3 is 9.47 Å². The van der Waals surface area contributed by atoms with Gasteiger partial charge in [-0.15, -0.1) is 0 Å². The molecule has 1 aliphatic heterocycles. The van der Waals surface area contributed by atoms with E-state index in [0.29, 0.717) is 0 Å². The van der Waals surface area contributed by atoms with E-state index in [0.717, 1.165) is 12.8 Å². The highest BCUT2D eigenvalue weighted by atomic mass is 32.2. The first-order valence-electron chi connectivity index (χ1n) is 6.69. The van der Waals surface area contributed by atoms with Crippen molar-refractivity contribution in [3.8, 4) is 0 Å². The van der Waals surface area contributed by atoms with E-state index < -0.39 is 27.8 Å². The summed E-state index contributed by atoms with van der Waals surface area (Å²) < 4.78 is 39.9. The van der Waals surface area contributed by atoms with Crippen LogP contribution >= 0.6 is 0 Å². The summed E-state index contributed by atoms with van der Waals surface area (Å²) in [5.41, 5.74) is 0. The van der Waals surface area contributed by atoms with Gasteiger partial charge >= 0.3 is 11.9 Å². The Morgan fingerprint density at radius 3 is 2.85 bits per heavy atom. The standard InChI is InChI=1S/C12H16O7S/c13-11(18-2-1-3-20(15,16)17)9-6-4-7-8(5-6)19-12(14)10(7)9/h6-10H,1-5H2,(H,15,16,17). The minimum Gasteiger partial charge on any atom is -0.465 e. The maximum Gasteiger partial charge on any atom is 0.310 e. The highest BCUT2D eigenvalue weighted by Crippen LogP contribution is 2.57. The number of ether oxygens (including phenoxy) is 2. The summed E-state index contributed by atoms with van der Waals surface area (Å²) in [6.07, 6.45) is 1.56. The number of carbonyl (C=O) groups excluding carboxylic acids is 2. The molecule has 3 aliphatic rings. The summed E-state index contributed by atoms with van der Waals surface area (Å²) in [6, 6.07) is 0. The van der Waals surface area contributed by atoms with Crippen LogP contribution in [0.5, 0.6) is 0 Å². The summed E-state index contributed by atoms with van der Waals surface area (Å²) in [6.45, 7) is -0.0717. The van der Waals surface area contributed by atoms with E-state index in [9.17, 15) is 18.0 Å². The van der Waals surface area contributed by atoms with Gasteiger partial charge in [0.2, 0.25) is 0 Å². The van der Waals surface area contributed by atoms with Crippen molar-refractivity contribution in [1.29, 1.82) is 0 Å². The molecule has 0 aromatic rings. The van der Waals surface area contributed by atoms with Crippen LogP contribution in [0.25, 0.3) is 0 Å². The van der Waals surface area contributed by atoms with Crippen molar-refractivity contribution in [1.82, 2.24) is 0 Å². The quantitative estimate of drug-likeness (QED) is 0.433. The lowest BCUT2D eigenvalue weighted by atomic mass is 9.80. The Morgan fingerprint density at radius 2 is 2.15 bits per heavy atom. The van der Waals surface area contributed by atoms with Crippen LogP contribution in [0.3, 0.4) is 0 Å². The smallest absolute Gasteiger partial charge is 0.310 e. The van der Waals surface area contributed by atoms with Crippen LogP contribution in [0, 0.1) is 23.7 Å². The van der Waals surface area contributed by atoms with Crippen LogP contribution in [-0.4, -0.2) is 43.4 Å². The summed E-state index contributed by atoms with van der Waals surface area (Å²) in [7, 11) is -4.03. The maximum absolute atomic E-state index is 12.1. The van der Waals surface area contributed by atoms with Gasteiger partial charge in [0.15, 0.2) is 0 Å². The fraction of sp³-hybridized carbons (Fsp3) is 0.833. The highest BCUT2D eigenvalue weighted by molar-refractivity contribution is 7.85. The first kappa shape index (κ1) is 13.8. The van der Waals surface area contributed by atoms with Gasteiger partial charge in [-0.25, -0.2) is 0 Å². The van der Waals surface area contributed by atoms with E-state index in [-0.39, 0.29) is 42.9 Å². The van der Waals surface area contributed by atoms with Crippen LogP contribution in [-0.2, 0) is 29.2 Å². The first-order valence-corrected chi connectivity index (χ1v) is 8.30. The van der Waals surface area contributed by atoms with Crippen molar-refractivity contribution in [2.24, 2.45) is 23.7 Å². The Bertz CT molecular complexity index is 538. The maximum atomic E-state index is 12.1. The Kier molecular flexibility index (Phi) is 3.24. The van der Waals surface area contributed by atoms with Crippen molar-refractivity contribution in [2.45, 2.75) is 25.4 Å². The van der Waals surface area contributed by atoms with Crippen molar-refractivity contribution < 1.29 is 32.0 Å². The second kappa shape index (κ2) is 4.70. The van der Waals surface area contributed by atoms with Crippen LogP contribution in [0.2, 0.25) is 0 Å². The Labute approximate surface area is 116 Å². The van der Waals surface area contributed by atoms with E-state index in [1.165, 1.54) is 0 Å². The third-order valence-electron chi connectivity index (χ3n) is 4.55. The molecule has 20 heavy (non-hydrogen) atoms. The zero-order valence-corrected chi connectivity index (χ0v) is 11.5. The average molecular weight is 304 g/mol. The minimum atomic E-state index is -4.03. The molecular formula is C12H16O7S. The van der Waals surface area contributed by atoms with Gasteiger partial charge in [-0.3, -0.25) is 14.1 Å². The molecule has 0 aromatic carbocycles. The molecule has 0 spiro atoms. The Morgan fingerprint density at radius 1 is 1.40 bits per heavy atom. The van der Waals surface area contributed by atoms with Gasteiger partial charge in [0.25, 0.3) is 10.1 Å². The summed E-state index contributed by atoms with van der Waals surface area (Å²) >= 11 is 0. The molecule has 0 radical (unpaired) electrons. The van der Waals surface area contributed by atoms with Crippen LogP contribution < -0.4 is 0 Å². The third-order valence-corrected chi connectivity index (χ3v) is 5.35. The Balaban J connectivity index is 1.55. The SMILES string of the molecule is O=C(OCCCS(=O)(=O)O)C1C2CC3OC(=O)C1C3C2. The van der Waals surface area contributed by atoms with E-state index in [2.05, 4.69) is 0 Å². The highest BCUT2D eigenvalue weighted by Gasteiger charge is 2.64. The molecule has 5 atom stereocenters. The van der Waals surface area contributed by atoms with Crippen LogP contribution in [0.1, 0.15) is 19.3 Å². The summed E-state index contributed by atoms with van der Waals surface area (Å²) in [5.74, 6) is -1.75. The fourth-order valence-electron chi connectivity index (χ4n) is 3.84. The molecule has 3 fully saturated rings. The molecule has 1 N–H and O–H groups in total. The lowest BCUT2D eigenvalue weighted by Crippen LogP contribution is -2.33. The minimum absolute atomic E-state index is 0.0268. The number of esters is 2. The third kappa shape index (κ3) is 2.31. The molecular weight excluding hydrogens is 288 g/mol. The van der Waals surface area contributed by atoms with E-state index >= 15 is 0 Å². The monoisotopic (exact) mass is 304 g/mol. The molecule has 5 unspecified atom stereocenters. The fourth-order valence-corrected chi connectivity index (χ4v) is 4.32. The van der Waals surface area contributed by atoms with E-state index in [1.807, 2.05) is 0 Å². The van der Waals surface area contributed by atoms with Crippen molar-refractivity contribution in [3.63, 3.8) is 0 Å². The molecule has 1 heterocycles. The number of carbonyl (C=O) groups is 2. The molecule has 2 aliphatic carbocycles. The second-order valence-corrected chi connectivity index (χ2v) is 7.30.